The van der Waals surface area contributed by atoms with Gasteiger partial charge in [0.2, 0.25) is 0 Å². The van der Waals surface area contributed by atoms with Crippen molar-refractivity contribution in [1.29, 1.82) is 0 Å². The van der Waals surface area contributed by atoms with E-state index in [1.54, 1.807) is 13.3 Å². The van der Waals surface area contributed by atoms with Crippen LogP contribution in [0.3, 0.4) is 0 Å². The van der Waals surface area contributed by atoms with Gasteiger partial charge >= 0.3 is 0 Å². The summed E-state index contributed by atoms with van der Waals surface area (Å²) in [4.78, 5) is 4.22. The number of thiocarbonyl (C=S) groups is 1. The smallest absolute Gasteiger partial charge is 0.174 e. The zero-order valence-corrected chi connectivity index (χ0v) is 15.7. The van der Waals surface area contributed by atoms with Crippen LogP contribution in [-0.2, 0) is 6.42 Å². The summed E-state index contributed by atoms with van der Waals surface area (Å²) in [5.74, 6) is 2.19. The van der Waals surface area contributed by atoms with Crippen LogP contribution in [-0.4, -0.2) is 29.9 Å². The van der Waals surface area contributed by atoms with E-state index < -0.39 is 0 Å². The molecule has 0 atom stereocenters. The summed E-state index contributed by atoms with van der Waals surface area (Å²) < 4.78 is 10.9. The van der Waals surface area contributed by atoms with Crippen LogP contribution >= 0.6 is 12.2 Å². The van der Waals surface area contributed by atoms with Crippen molar-refractivity contribution in [3.05, 3.63) is 48.2 Å². The Hall–Kier alpha value is -2.34. The maximum atomic E-state index is 5.65. The number of aromatic nitrogens is 1. The predicted octanol–water partition coefficient (Wildman–Crippen LogP) is 3.80. The third kappa shape index (κ3) is 6.58. The largest absolute Gasteiger partial charge is 0.493 e. The normalized spacial score (nSPS) is 10.4. The molecule has 0 radical (unpaired) electrons. The van der Waals surface area contributed by atoms with Crippen LogP contribution in [0.2, 0.25) is 0 Å². The summed E-state index contributed by atoms with van der Waals surface area (Å²) in [7, 11) is 1.61. The summed E-state index contributed by atoms with van der Waals surface area (Å²) in [6.45, 7) is 4.83. The number of ether oxygens (including phenoxy) is 2. The molecular weight excluding hydrogens is 334 g/mol. The van der Waals surface area contributed by atoms with E-state index in [1.807, 2.05) is 38.1 Å². The van der Waals surface area contributed by atoms with Crippen LogP contribution in [0.25, 0.3) is 0 Å². The molecule has 2 rings (SSSR count). The minimum Gasteiger partial charge on any atom is -0.493 e. The number of hydrogen-bond donors (Lipinski definition) is 2. The van der Waals surface area contributed by atoms with Crippen molar-refractivity contribution < 1.29 is 9.47 Å². The van der Waals surface area contributed by atoms with Gasteiger partial charge in [0.25, 0.3) is 0 Å². The van der Waals surface area contributed by atoms with Gasteiger partial charge in [0.05, 0.1) is 13.2 Å². The lowest BCUT2D eigenvalue weighted by molar-refractivity contribution is 0.242. The third-order valence-electron chi connectivity index (χ3n) is 3.45. The van der Waals surface area contributed by atoms with Gasteiger partial charge in [-0.25, -0.2) is 4.98 Å². The second-order valence-electron chi connectivity index (χ2n) is 5.85. The average molecular weight is 359 g/mol. The molecule has 2 N–H and O–H groups in total. The maximum absolute atomic E-state index is 5.65. The monoisotopic (exact) mass is 359 g/mol. The predicted molar refractivity (Wildman–Crippen MR) is 106 cm³/mol. The lowest BCUT2D eigenvalue weighted by Gasteiger charge is -2.12. The summed E-state index contributed by atoms with van der Waals surface area (Å²) in [6.07, 6.45) is 3.84. The van der Waals surface area contributed by atoms with Gasteiger partial charge in [0, 0.05) is 12.7 Å². The van der Waals surface area contributed by atoms with Gasteiger partial charge in [0.1, 0.15) is 5.75 Å². The van der Waals surface area contributed by atoms with Crippen LogP contribution < -0.4 is 20.1 Å². The minimum absolute atomic E-state index is 0.196. The molecule has 1 aromatic carbocycles. The highest BCUT2D eigenvalue weighted by atomic mass is 32.1. The molecule has 25 heavy (non-hydrogen) atoms. The highest BCUT2D eigenvalue weighted by Gasteiger charge is 2.05. The number of aryl methyl sites for hydroxylation is 1. The molecule has 5 nitrogen and oxygen atoms in total. The number of nitrogens with zero attached hydrogens (tertiary/aromatic N) is 1. The Bertz CT molecular complexity index is 675. The van der Waals surface area contributed by atoms with Crippen molar-refractivity contribution in [2.75, 3.05) is 19.0 Å². The van der Waals surface area contributed by atoms with Crippen LogP contribution in [0.1, 0.15) is 25.8 Å². The third-order valence-corrected chi connectivity index (χ3v) is 3.69. The molecule has 0 aliphatic rings. The van der Waals surface area contributed by atoms with Gasteiger partial charge in [-0.2, -0.15) is 0 Å². The Balaban J connectivity index is 1.71. The van der Waals surface area contributed by atoms with E-state index in [-0.39, 0.29) is 6.10 Å². The fourth-order valence-electron chi connectivity index (χ4n) is 2.30. The maximum Gasteiger partial charge on any atom is 0.174 e. The first-order valence-corrected chi connectivity index (χ1v) is 8.78. The van der Waals surface area contributed by atoms with E-state index in [2.05, 4.69) is 27.8 Å². The van der Waals surface area contributed by atoms with Crippen molar-refractivity contribution in [2.24, 2.45) is 0 Å². The minimum atomic E-state index is 0.196. The molecule has 0 aliphatic heterocycles. The number of benzene rings is 1. The molecule has 1 aromatic heterocycles. The molecule has 6 heteroatoms. The SMILES string of the molecule is COc1cccnc1NC(=S)NCCCc1ccc(OC(C)C)cc1. The molecule has 0 saturated heterocycles. The van der Waals surface area contributed by atoms with Crippen LogP contribution in [0.4, 0.5) is 5.82 Å². The molecule has 0 saturated carbocycles. The zero-order chi connectivity index (χ0) is 18.1. The number of hydrogen-bond acceptors (Lipinski definition) is 4. The van der Waals surface area contributed by atoms with E-state index in [1.165, 1.54) is 5.56 Å². The van der Waals surface area contributed by atoms with E-state index in [0.29, 0.717) is 16.7 Å². The lowest BCUT2D eigenvalue weighted by atomic mass is 10.1. The van der Waals surface area contributed by atoms with Crippen LogP contribution in [0, 0.1) is 0 Å². The van der Waals surface area contributed by atoms with Crippen LogP contribution in [0.15, 0.2) is 42.6 Å². The molecule has 0 aliphatic carbocycles. The first-order chi connectivity index (χ1) is 12.1. The molecular formula is C19H25N3O2S. The van der Waals surface area contributed by atoms with Gasteiger partial charge in [-0.05, 0) is 68.7 Å². The Kier molecular flexibility index (Phi) is 7.47. The van der Waals surface area contributed by atoms with Crippen molar-refractivity contribution in [3.63, 3.8) is 0 Å². The van der Waals surface area contributed by atoms with Gasteiger partial charge in [-0.1, -0.05) is 12.1 Å². The molecule has 0 amide bonds. The van der Waals surface area contributed by atoms with E-state index in [4.69, 9.17) is 21.7 Å². The first-order valence-electron chi connectivity index (χ1n) is 8.38. The Labute approximate surface area is 154 Å². The summed E-state index contributed by atoms with van der Waals surface area (Å²) >= 11 is 5.30. The van der Waals surface area contributed by atoms with Gasteiger partial charge in [0.15, 0.2) is 16.7 Å². The number of pyridine rings is 1. The van der Waals surface area contributed by atoms with Gasteiger partial charge in [-0.3, -0.25) is 0 Å². The van der Waals surface area contributed by atoms with Crippen molar-refractivity contribution >= 4 is 23.1 Å². The summed E-state index contributed by atoms with van der Waals surface area (Å²) in [6, 6.07) is 11.9. The molecule has 0 bridgehead atoms. The highest BCUT2D eigenvalue weighted by Crippen LogP contribution is 2.19. The van der Waals surface area contributed by atoms with Crippen molar-refractivity contribution in [1.82, 2.24) is 10.3 Å². The Morgan fingerprint density at radius 1 is 1.20 bits per heavy atom. The fraction of sp³-hybridized carbons (Fsp3) is 0.368. The first kappa shape index (κ1) is 19.0. The number of rotatable bonds is 8. The molecule has 0 fully saturated rings. The number of methoxy groups -OCH3 is 1. The van der Waals surface area contributed by atoms with E-state index >= 15 is 0 Å². The van der Waals surface area contributed by atoms with Crippen molar-refractivity contribution in [3.8, 4) is 11.5 Å². The molecule has 1 heterocycles. The lowest BCUT2D eigenvalue weighted by Crippen LogP contribution is -2.30. The zero-order valence-electron chi connectivity index (χ0n) is 14.9. The molecule has 0 spiro atoms. The number of anilines is 1. The molecule has 0 unspecified atom stereocenters. The fourth-order valence-corrected chi connectivity index (χ4v) is 2.50. The topological polar surface area (TPSA) is 55.4 Å². The quantitative estimate of drug-likeness (QED) is 0.552. The average Bonchev–Trinajstić information content (AvgIpc) is 2.60. The van der Waals surface area contributed by atoms with Crippen LogP contribution in [0.5, 0.6) is 11.5 Å². The Morgan fingerprint density at radius 2 is 1.96 bits per heavy atom. The van der Waals surface area contributed by atoms with E-state index in [0.717, 1.165) is 25.1 Å². The second-order valence-corrected chi connectivity index (χ2v) is 6.26. The molecule has 134 valence electrons. The summed E-state index contributed by atoms with van der Waals surface area (Å²) in [5, 5.41) is 6.78. The van der Waals surface area contributed by atoms with Gasteiger partial charge < -0.3 is 20.1 Å². The van der Waals surface area contributed by atoms with E-state index in [9.17, 15) is 0 Å². The van der Waals surface area contributed by atoms with Crippen molar-refractivity contribution in [2.45, 2.75) is 32.8 Å². The van der Waals surface area contributed by atoms with Gasteiger partial charge in [-0.15, -0.1) is 0 Å². The standard InChI is InChI=1S/C19H25N3O2S/c1-14(2)24-16-10-8-15(9-11-16)6-4-13-21-19(25)22-18-17(23-3)7-5-12-20-18/h5,7-12,14H,4,6,13H2,1-3H3,(H2,20,21,22,25). The molecule has 2 aromatic rings. The number of nitrogens with one attached hydrogen (secondary N) is 2. The highest BCUT2D eigenvalue weighted by molar-refractivity contribution is 7.80. The summed E-state index contributed by atoms with van der Waals surface area (Å²) in [5.41, 5.74) is 1.28. The second kappa shape index (κ2) is 9.84. The Morgan fingerprint density at radius 3 is 2.64 bits per heavy atom.